The summed E-state index contributed by atoms with van der Waals surface area (Å²) in [6.45, 7) is 4.43. The highest BCUT2D eigenvalue weighted by atomic mass is 35.5. The molecule has 21 heavy (non-hydrogen) atoms. The second-order valence-corrected chi connectivity index (χ2v) is 6.15. The summed E-state index contributed by atoms with van der Waals surface area (Å²) in [6, 6.07) is 15.5. The molecular formula is C20H25Cl. The number of aryl methyl sites for hydroxylation is 4. The van der Waals surface area contributed by atoms with Crippen LogP contribution in [-0.4, -0.2) is 0 Å². The number of halogens is 1. The van der Waals surface area contributed by atoms with Crippen LogP contribution in [0.15, 0.2) is 42.5 Å². The fraction of sp³-hybridized carbons (Fsp3) is 0.400. The van der Waals surface area contributed by atoms with Crippen LogP contribution in [0.4, 0.5) is 0 Å². The molecular weight excluding hydrogens is 276 g/mol. The molecule has 2 aromatic rings. The van der Waals surface area contributed by atoms with E-state index in [0.717, 1.165) is 30.7 Å². The third kappa shape index (κ3) is 4.89. The van der Waals surface area contributed by atoms with Crippen molar-refractivity contribution in [3.8, 4) is 0 Å². The Bertz CT molecular complexity index is 572. The Balaban J connectivity index is 2.02. The van der Waals surface area contributed by atoms with Crippen molar-refractivity contribution in [3.63, 3.8) is 0 Å². The zero-order valence-electron chi connectivity index (χ0n) is 13.2. The first-order valence-electron chi connectivity index (χ1n) is 8.08. The lowest BCUT2D eigenvalue weighted by Crippen LogP contribution is -1.95. The number of rotatable bonds is 7. The molecule has 0 spiro atoms. The quantitative estimate of drug-likeness (QED) is 0.585. The third-order valence-electron chi connectivity index (χ3n) is 3.86. The predicted molar refractivity (Wildman–Crippen MR) is 93.3 cm³/mol. The summed E-state index contributed by atoms with van der Waals surface area (Å²) in [5.41, 5.74) is 5.57. The fourth-order valence-corrected chi connectivity index (χ4v) is 2.97. The molecule has 0 unspecified atom stereocenters. The molecule has 0 saturated carbocycles. The number of hydrogen-bond acceptors (Lipinski definition) is 0. The molecule has 0 aliphatic rings. The molecule has 2 rings (SSSR count). The molecule has 0 nitrogen and oxygen atoms in total. The zero-order valence-corrected chi connectivity index (χ0v) is 13.9. The fourth-order valence-electron chi connectivity index (χ4n) is 2.76. The number of hydrogen-bond donors (Lipinski definition) is 0. The van der Waals surface area contributed by atoms with Crippen LogP contribution in [0.3, 0.4) is 0 Å². The summed E-state index contributed by atoms with van der Waals surface area (Å²) in [6.07, 6.45) is 6.78. The SMILES string of the molecule is CCCc1cccc(CCc2ccc(Cl)c(CCC)c2)c1. The van der Waals surface area contributed by atoms with Crippen molar-refractivity contribution >= 4 is 11.6 Å². The van der Waals surface area contributed by atoms with E-state index in [1.54, 1.807) is 0 Å². The van der Waals surface area contributed by atoms with Crippen LogP contribution < -0.4 is 0 Å². The van der Waals surface area contributed by atoms with Gasteiger partial charge in [0, 0.05) is 5.02 Å². The van der Waals surface area contributed by atoms with Crippen molar-refractivity contribution in [1.82, 2.24) is 0 Å². The van der Waals surface area contributed by atoms with Gasteiger partial charge in [-0.1, -0.05) is 74.7 Å². The van der Waals surface area contributed by atoms with Crippen LogP contribution >= 0.6 is 11.6 Å². The second-order valence-electron chi connectivity index (χ2n) is 5.75. The van der Waals surface area contributed by atoms with E-state index in [2.05, 4.69) is 56.3 Å². The molecule has 0 heterocycles. The zero-order chi connectivity index (χ0) is 15.1. The van der Waals surface area contributed by atoms with Gasteiger partial charge in [0.25, 0.3) is 0 Å². The van der Waals surface area contributed by atoms with Gasteiger partial charge in [-0.2, -0.15) is 0 Å². The minimum Gasteiger partial charge on any atom is -0.0840 e. The molecule has 0 amide bonds. The van der Waals surface area contributed by atoms with Crippen LogP contribution in [0.5, 0.6) is 0 Å². The molecule has 2 aromatic carbocycles. The van der Waals surface area contributed by atoms with Gasteiger partial charge in [-0.3, -0.25) is 0 Å². The Kier molecular flexibility index (Phi) is 6.32. The molecule has 0 bridgehead atoms. The minimum atomic E-state index is 0.908. The third-order valence-corrected chi connectivity index (χ3v) is 4.23. The summed E-state index contributed by atoms with van der Waals surface area (Å²) in [7, 11) is 0. The average Bonchev–Trinajstić information content (AvgIpc) is 2.49. The Labute approximate surface area is 134 Å². The van der Waals surface area contributed by atoms with Gasteiger partial charge >= 0.3 is 0 Å². The van der Waals surface area contributed by atoms with E-state index in [4.69, 9.17) is 11.6 Å². The minimum absolute atomic E-state index is 0.908. The van der Waals surface area contributed by atoms with E-state index in [9.17, 15) is 0 Å². The Morgan fingerprint density at radius 2 is 1.33 bits per heavy atom. The topological polar surface area (TPSA) is 0 Å². The normalized spacial score (nSPS) is 10.8. The molecule has 0 aromatic heterocycles. The van der Waals surface area contributed by atoms with Crippen LogP contribution in [0.2, 0.25) is 5.02 Å². The molecule has 0 atom stereocenters. The summed E-state index contributed by atoms with van der Waals surface area (Å²) in [5, 5.41) is 0.908. The van der Waals surface area contributed by atoms with E-state index in [1.165, 1.54) is 35.1 Å². The molecule has 0 aliphatic carbocycles. The van der Waals surface area contributed by atoms with E-state index >= 15 is 0 Å². The van der Waals surface area contributed by atoms with Gasteiger partial charge in [0.05, 0.1) is 0 Å². The van der Waals surface area contributed by atoms with Crippen LogP contribution in [-0.2, 0) is 25.7 Å². The summed E-state index contributed by atoms with van der Waals surface area (Å²) in [5.74, 6) is 0. The van der Waals surface area contributed by atoms with Crippen molar-refractivity contribution in [3.05, 3.63) is 69.7 Å². The first-order valence-corrected chi connectivity index (χ1v) is 8.45. The smallest absolute Gasteiger partial charge is 0.0438 e. The Hall–Kier alpha value is -1.27. The maximum Gasteiger partial charge on any atom is 0.0438 e. The van der Waals surface area contributed by atoms with Gasteiger partial charge in [-0.15, -0.1) is 0 Å². The lowest BCUT2D eigenvalue weighted by Gasteiger charge is -2.08. The van der Waals surface area contributed by atoms with Gasteiger partial charge in [0.1, 0.15) is 0 Å². The monoisotopic (exact) mass is 300 g/mol. The van der Waals surface area contributed by atoms with Gasteiger partial charge < -0.3 is 0 Å². The molecule has 0 fully saturated rings. The lowest BCUT2D eigenvalue weighted by molar-refractivity contribution is 0.898. The van der Waals surface area contributed by atoms with Crippen molar-refractivity contribution < 1.29 is 0 Å². The first kappa shape index (κ1) is 16.1. The van der Waals surface area contributed by atoms with E-state index in [1.807, 2.05) is 0 Å². The lowest BCUT2D eigenvalue weighted by atomic mass is 9.99. The van der Waals surface area contributed by atoms with Crippen molar-refractivity contribution in [2.75, 3.05) is 0 Å². The van der Waals surface area contributed by atoms with E-state index < -0.39 is 0 Å². The largest absolute Gasteiger partial charge is 0.0840 e. The highest BCUT2D eigenvalue weighted by molar-refractivity contribution is 6.31. The van der Waals surface area contributed by atoms with Crippen LogP contribution in [0.1, 0.15) is 48.9 Å². The van der Waals surface area contributed by atoms with Gasteiger partial charge in [-0.05, 0) is 54.0 Å². The van der Waals surface area contributed by atoms with Crippen LogP contribution in [0, 0.1) is 0 Å². The molecule has 0 saturated heterocycles. The van der Waals surface area contributed by atoms with E-state index in [-0.39, 0.29) is 0 Å². The number of benzene rings is 2. The Morgan fingerprint density at radius 1 is 0.714 bits per heavy atom. The van der Waals surface area contributed by atoms with Crippen molar-refractivity contribution in [1.29, 1.82) is 0 Å². The van der Waals surface area contributed by atoms with Crippen molar-refractivity contribution in [2.24, 2.45) is 0 Å². The summed E-state index contributed by atoms with van der Waals surface area (Å²) >= 11 is 6.25. The Morgan fingerprint density at radius 3 is 2.00 bits per heavy atom. The molecule has 1 heteroatoms. The molecule has 0 radical (unpaired) electrons. The standard InChI is InChI=1S/C20H25Cl/c1-3-6-16-8-5-9-17(14-16)10-11-18-12-13-20(21)19(15-18)7-4-2/h5,8-9,12-15H,3-4,6-7,10-11H2,1-2H3. The first-order chi connectivity index (χ1) is 10.2. The van der Waals surface area contributed by atoms with Crippen molar-refractivity contribution in [2.45, 2.75) is 52.4 Å². The van der Waals surface area contributed by atoms with Gasteiger partial charge in [0.2, 0.25) is 0 Å². The summed E-state index contributed by atoms with van der Waals surface area (Å²) < 4.78 is 0. The van der Waals surface area contributed by atoms with E-state index in [0.29, 0.717) is 0 Å². The summed E-state index contributed by atoms with van der Waals surface area (Å²) in [4.78, 5) is 0. The maximum absolute atomic E-state index is 6.25. The highest BCUT2D eigenvalue weighted by Gasteiger charge is 2.03. The van der Waals surface area contributed by atoms with Gasteiger partial charge in [0.15, 0.2) is 0 Å². The molecule has 0 aliphatic heterocycles. The molecule has 112 valence electrons. The van der Waals surface area contributed by atoms with Crippen LogP contribution in [0.25, 0.3) is 0 Å². The average molecular weight is 301 g/mol. The predicted octanol–water partition coefficient (Wildman–Crippen LogP) is 6.03. The highest BCUT2D eigenvalue weighted by Crippen LogP contribution is 2.20. The molecule has 0 N–H and O–H groups in total. The maximum atomic E-state index is 6.25. The van der Waals surface area contributed by atoms with Gasteiger partial charge in [-0.25, -0.2) is 0 Å². The second kappa shape index (κ2) is 8.24.